The first-order valence-corrected chi connectivity index (χ1v) is 7.94. The quantitative estimate of drug-likeness (QED) is 0.727. The molecule has 0 saturated carbocycles. The van der Waals surface area contributed by atoms with Gasteiger partial charge in [-0.05, 0) is 39.3 Å². The molecule has 0 aromatic carbocycles. The molecule has 26 heavy (non-hydrogen) atoms. The number of rotatable bonds is 6. The van der Waals surface area contributed by atoms with Crippen LogP contribution in [0.2, 0.25) is 0 Å². The first-order valence-electron chi connectivity index (χ1n) is 7.94. The summed E-state index contributed by atoms with van der Waals surface area (Å²) in [7, 11) is 0. The number of nitriles is 1. The highest BCUT2D eigenvalue weighted by Gasteiger charge is 2.22. The van der Waals surface area contributed by atoms with E-state index in [0.29, 0.717) is 23.6 Å². The number of nitrogens with one attached hydrogen (secondary N) is 2. The van der Waals surface area contributed by atoms with Crippen LogP contribution in [0.25, 0.3) is 5.82 Å². The van der Waals surface area contributed by atoms with E-state index in [2.05, 4.69) is 20.7 Å². The van der Waals surface area contributed by atoms with Crippen LogP contribution in [0.5, 0.6) is 0 Å². The summed E-state index contributed by atoms with van der Waals surface area (Å²) in [6.45, 7) is 5.29. The van der Waals surface area contributed by atoms with E-state index in [1.54, 1.807) is 39.1 Å². The van der Waals surface area contributed by atoms with E-state index in [9.17, 15) is 9.59 Å². The number of pyridine rings is 1. The predicted octanol–water partition coefficient (Wildman–Crippen LogP) is 2.21. The number of hydrogen-bond donors (Lipinski definition) is 3. The molecule has 0 saturated heterocycles. The van der Waals surface area contributed by atoms with Gasteiger partial charge in [-0.25, -0.2) is 14.5 Å². The van der Waals surface area contributed by atoms with Crippen molar-refractivity contribution >= 4 is 17.8 Å². The van der Waals surface area contributed by atoms with Crippen LogP contribution in [0.15, 0.2) is 24.5 Å². The number of aliphatic carboxylic acids is 1. The fraction of sp³-hybridized carbons (Fsp3) is 0.353. The SMILES string of the molecule is Cc1cn(-c2ccc(C#N)cn2)nc1NC(=O)NC(C)(C)CCC(=O)O. The number of carbonyl (C=O) groups is 2. The van der Waals surface area contributed by atoms with Gasteiger partial charge in [-0.1, -0.05) is 0 Å². The first kappa shape index (κ1) is 18.9. The third-order valence-corrected chi connectivity index (χ3v) is 3.66. The monoisotopic (exact) mass is 356 g/mol. The van der Waals surface area contributed by atoms with E-state index in [0.717, 1.165) is 5.56 Å². The maximum absolute atomic E-state index is 12.2. The van der Waals surface area contributed by atoms with Gasteiger partial charge in [0.05, 0.1) is 5.56 Å². The molecule has 0 radical (unpaired) electrons. The van der Waals surface area contributed by atoms with E-state index in [1.807, 2.05) is 6.07 Å². The Kier molecular flexibility index (Phi) is 5.57. The number of carboxylic acid groups (broad SMARTS) is 1. The second kappa shape index (κ2) is 7.65. The molecule has 2 heterocycles. The smallest absolute Gasteiger partial charge is 0.320 e. The number of carbonyl (C=O) groups excluding carboxylic acids is 1. The van der Waals surface area contributed by atoms with Crippen molar-refractivity contribution in [2.24, 2.45) is 0 Å². The van der Waals surface area contributed by atoms with Crippen LogP contribution in [0.4, 0.5) is 10.6 Å². The van der Waals surface area contributed by atoms with Gasteiger partial charge in [-0.15, -0.1) is 5.10 Å². The zero-order valence-corrected chi connectivity index (χ0v) is 14.8. The van der Waals surface area contributed by atoms with Crippen molar-refractivity contribution in [2.75, 3.05) is 5.32 Å². The van der Waals surface area contributed by atoms with Crippen LogP contribution in [0, 0.1) is 18.3 Å². The standard InChI is InChI=1S/C17H20N6O3/c1-11-10-23(13-5-4-12(8-18)9-19-13)22-15(11)20-16(26)21-17(2,3)7-6-14(24)25/h4-5,9-10H,6-7H2,1-3H3,(H,24,25)(H2,20,21,22,26). The van der Waals surface area contributed by atoms with Crippen LogP contribution in [0.1, 0.15) is 37.8 Å². The van der Waals surface area contributed by atoms with E-state index in [1.165, 1.54) is 10.9 Å². The molecule has 0 atom stereocenters. The summed E-state index contributed by atoms with van der Waals surface area (Å²) >= 11 is 0. The van der Waals surface area contributed by atoms with Crippen LogP contribution < -0.4 is 10.6 Å². The molecule has 136 valence electrons. The summed E-state index contributed by atoms with van der Waals surface area (Å²) in [5.74, 6) is -0.0326. The average molecular weight is 356 g/mol. The second-order valence-corrected chi connectivity index (χ2v) is 6.48. The van der Waals surface area contributed by atoms with Crippen LogP contribution >= 0.6 is 0 Å². The van der Waals surface area contributed by atoms with Gasteiger partial charge in [0.1, 0.15) is 6.07 Å². The lowest BCUT2D eigenvalue weighted by Crippen LogP contribution is -2.45. The maximum Gasteiger partial charge on any atom is 0.320 e. The zero-order valence-electron chi connectivity index (χ0n) is 14.8. The number of aryl methyl sites for hydroxylation is 1. The van der Waals surface area contributed by atoms with Gasteiger partial charge in [-0.2, -0.15) is 5.26 Å². The summed E-state index contributed by atoms with van der Waals surface area (Å²) in [5, 5.41) is 27.2. The lowest BCUT2D eigenvalue weighted by molar-refractivity contribution is -0.137. The molecule has 0 spiro atoms. The molecule has 0 aliphatic carbocycles. The number of nitrogens with zero attached hydrogens (tertiary/aromatic N) is 4. The Hall–Kier alpha value is -3.41. The van der Waals surface area contributed by atoms with Gasteiger partial charge in [0.25, 0.3) is 0 Å². The Morgan fingerprint density at radius 2 is 2.12 bits per heavy atom. The Morgan fingerprint density at radius 1 is 1.38 bits per heavy atom. The highest BCUT2D eigenvalue weighted by atomic mass is 16.4. The largest absolute Gasteiger partial charge is 0.481 e. The van der Waals surface area contributed by atoms with E-state index >= 15 is 0 Å². The van der Waals surface area contributed by atoms with Gasteiger partial charge >= 0.3 is 12.0 Å². The molecular weight excluding hydrogens is 336 g/mol. The third-order valence-electron chi connectivity index (χ3n) is 3.66. The van der Waals surface area contributed by atoms with E-state index in [-0.39, 0.29) is 6.42 Å². The highest BCUT2D eigenvalue weighted by molar-refractivity contribution is 5.89. The summed E-state index contributed by atoms with van der Waals surface area (Å²) in [6.07, 6.45) is 3.42. The van der Waals surface area contributed by atoms with E-state index in [4.69, 9.17) is 10.4 Å². The Morgan fingerprint density at radius 3 is 2.69 bits per heavy atom. The van der Waals surface area contributed by atoms with Crippen molar-refractivity contribution in [3.8, 4) is 11.9 Å². The average Bonchev–Trinajstić information content (AvgIpc) is 2.93. The molecule has 2 rings (SSSR count). The molecule has 0 fully saturated rings. The van der Waals surface area contributed by atoms with Gasteiger partial charge in [0.15, 0.2) is 11.6 Å². The Bertz CT molecular complexity index is 848. The fourth-order valence-electron chi connectivity index (χ4n) is 2.22. The maximum atomic E-state index is 12.2. The molecule has 0 unspecified atom stereocenters. The minimum Gasteiger partial charge on any atom is -0.481 e. The molecule has 9 nitrogen and oxygen atoms in total. The summed E-state index contributed by atoms with van der Waals surface area (Å²) in [5.41, 5.74) is 0.502. The number of hydrogen-bond acceptors (Lipinski definition) is 5. The van der Waals surface area contributed by atoms with E-state index < -0.39 is 17.5 Å². The topological polar surface area (TPSA) is 133 Å². The normalized spacial score (nSPS) is 10.8. The molecule has 2 aromatic heterocycles. The summed E-state index contributed by atoms with van der Waals surface area (Å²) in [6, 6.07) is 4.81. The van der Waals surface area contributed by atoms with Gasteiger partial charge in [0, 0.05) is 29.9 Å². The minimum absolute atomic E-state index is 0.0364. The van der Waals surface area contributed by atoms with Crippen LogP contribution in [0.3, 0.4) is 0 Å². The molecule has 9 heteroatoms. The summed E-state index contributed by atoms with van der Waals surface area (Å²) < 4.78 is 1.50. The molecule has 3 N–H and O–H groups in total. The van der Waals surface area contributed by atoms with Crippen molar-refractivity contribution in [1.82, 2.24) is 20.1 Å². The molecule has 0 aliphatic rings. The van der Waals surface area contributed by atoms with Crippen molar-refractivity contribution in [1.29, 1.82) is 5.26 Å². The van der Waals surface area contributed by atoms with Gasteiger partial charge < -0.3 is 10.4 Å². The Labute approximate surface area is 150 Å². The van der Waals surface area contributed by atoms with Crippen LogP contribution in [-0.4, -0.2) is 37.4 Å². The van der Waals surface area contributed by atoms with Gasteiger partial charge in [-0.3, -0.25) is 10.1 Å². The first-order chi connectivity index (χ1) is 12.2. The zero-order chi connectivity index (χ0) is 19.3. The number of urea groups is 1. The van der Waals surface area contributed by atoms with Crippen molar-refractivity contribution < 1.29 is 14.7 Å². The lowest BCUT2D eigenvalue weighted by atomic mass is 9.99. The number of carboxylic acids is 1. The number of anilines is 1. The molecule has 2 amide bonds. The molecule has 2 aromatic rings. The van der Waals surface area contributed by atoms with Gasteiger partial charge in [0.2, 0.25) is 0 Å². The van der Waals surface area contributed by atoms with Crippen molar-refractivity contribution in [3.63, 3.8) is 0 Å². The van der Waals surface area contributed by atoms with Crippen molar-refractivity contribution in [2.45, 2.75) is 39.2 Å². The lowest BCUT2D eigenvalue weighted by Gasteiger charge is -2.25. The number of amides is 2. The second-order valence-electron chi connectivity index (χ2n) is 6.48. The number of aromatic nitrogens is 3. The third kappa shape index (κ3) is 5.04. The Balaban J connectivity index is 2.05. The molecule has 0 aliphatic heterocycles. The highest BCUT2D eigenvalue weighted by Crippen LogP contribution is 2.16. The summed E-state index contributed by atoms with van der Waals surface area (Å²) in [4.78, 5) is 27.0. The molecule has 0 bridgehead atoms. The fourth-order valence-corrected chi connectivity index (χ4v) is 2.22. The predicted molar refractivity (Wildman–Crippen MR) is 93.9 cm³/mol. The molecular formula is C17H20N6O3. The minimum atomic E-state index is -0.912. The van der Waals surface area contributed by atoms with Crippen molar-refractivity contribution in [3.05, 3.63) is 35.7 Å². The van der Waals surface area contributed by atoms with Crippen LogP contribution in [-0.2, 0) is 4.79 Å².